The highest BCUT2D eigenvalue weighted by Gasteiger charge is 2.15. The number of thioether (sulfide) groups is 1. The fourth-order valence-electron chi connectivity index (χ4n) is 3.26. The summed E-state index contributed by atoms with van der Waals surface area (Å²) in [5.41, 5.74) is 1.12. The second kappa shape index (κ2) is 11.8. The molecule has 1 aliphatic heterocycles. The van der Waals surface area contributed by atoms with Gasteiger partial charge in [0.2, 0.25) is 0 Å². The largest absolute Gasteiger partial charge is 0.357 e. The van der Waals surface area contributed by atoms with Gasteiger partial charge in [-0.1, -0.05) is 31.2 Å². The van der Waals surface area contributed by atoms with Crippen LogP contribution in [0.15, 0.2) is 58.5 Å². The van der Waals surface area contributed by atoms with Crippen molar-refractivity contribution < 1.29 is 0 Å². The predicted molar refractivity (Wildman–Crippen MR) is 129 cm³/mol. The van der Waals surface area contributed by atoms with Crippen molar-refractivity contribution in [2.24, 2.45) is 4.99 Å². The van der Waals surface area contributed by atoms with Crippen molar-refractivity contribution in [3.05, 3.63) is 54.2 Å². The maximum Gasteiger partial charge on any atom is 0.191 e. The van der Waals surface area contributed by atoms with Crippen LogP contribution in [-0.2, 0) is 6.54 Å². The van der Waals surface area contributed by atoms with Crippen molar-refractivity contribution in [1.82, 2.24) is 20.5 Å². The number of nitrogens with zero attached hydrogens (tertiary/aromatic N) is 4. The minimum atomic E-state index is 0.445. The number of likely N-dealkylation sites (N-methyl/N-ethyl adjacent to an activating group) is 1. The van der Waals surface area contributed by atoms with E-state index in [1.165, 1.54) is 4.90 Å². The summed E-state index contributed by atoms with van der Waals surface area (Å²) in [6.07, 6.45) is 1.95. The van der Waals surface area contributed by atoms with E-state index in [0.29, 0.717) is 11.8 Å². The van der Waals surface area contributed by atoms with Crippen LogP contribution in [0.1, 0.15) is 19.4 Å². The highest BCUT2D eigenvalue weighted by Crippen LogP contribution is 2.21. The van der Waals surface area contributed by atoms with Gasteiger partial charge in [0.25, 0.3) is 0 Å². The Morgan fingerprint density at radius 2 is 1.87 bits per heavy atom. The third-order valence-corrected chi connectivity index (χ3v) is 6.15. The molecular formula is C23H34N6S. The summed E-state index contributed by atoms with van der Waals surface area (Å²) in [7, 11) is 2.17. The average Bonchev–Trinajstić information content (AvgIpc) is 2.77. The minimum absolute atomic E-state index is 0.445. The molecule has 2 N–H and O–H groups in total. The van der Waals surface area contributed by atoms with Gasteiger partial charge in [0.1, 0.15) is 5.82 Å². The molecule has 1 saturated heterocycles. The Morgan fingerprint density at radius 1 is 1.10 bits per heavy atom. The highest BCUT2D eigenvalue weighted by molar-refractivity contribution is 8.00. The van der Waals surface area contributed by atoms with Crippen molar-refractivity contribution in [3.8, 4) is 0 Å². The summed E-state index contributed by atoms with van der Waals surface area (Å²) in [5, 5.41) is 7.24. The molecule has 7 heteroatoms. The lowest BCUT2D eigenvalue weighted by Gasteiger charge is -2.33. The Hall–Kier alpha value is -2.25. The highest BCUT2D eigenvalue weighted by atomic mass is 32.2. The predicted octanol–water partition coefficient (Wildman–Crippen LogP) is 3.07. The molecule has 0 radical (unpaired) electrons. The van der Waals surface area contributed by atoms with Crippen LogP contribution in [0.3, 0.4) is 0 Å². The number of piperazine rings is 1. The van der Waals surface area contributed by atoms with Crippen molar-refractivity contribution in [2.75, 3.05) is 51.2 Å². The number of anilines is 1. The van der Waals surface area contributed by atoms with E-state index in [1.807, 2.05) is 18.0 Å². The SMILES string of the molecule is CCNC(=NCc1ccc(N2CCN(C)CC2)nc1)NCC(C)Sc1ccccc1. The number of hydrogen-bond acceptors (Lipinski definition) is 5. The van der Waals surface area contributed by atoms with Crippen LogP contribution in [0, 0.1) is 0 Å². The normalized spacial score (nSPS) is 16.4. The van der Waals surface area contributed by atoms with Gasteiger partial charge in [-0.25, -0.2) is 9.98 Å². The van der Waals surface area contributed by atoms with Crippen molar-refractivity contribution in [1.29, 1.82) is 0 Å². The van der Waals surface area contributed by atoms with Gasteiger partial charge in [-0.15, -0.1) is 11.8 Å². The third kappa shape index (κ3) is 7.22. The van der Waals surface area contributed by atoms with Gasteiger partial charge in [-0.05, 0) is 37.7 Å². The first-order valence-corrected chi connectivity index (χ1v) is 11.6. The molecular weight excluding hydrogens is 392 g/mol. The van der Waals surface area contributed by atoms with Gasteiger partial charge in [0.15, 0.2) is 5.96 Å². The van der Waals surface area contributed by atoms with E-state index in [2.05, 4.69) is 88.8 Å². The summed E-state index contributed by atoms with van der Waals surface area (Å²) >= 11 is 1.87. The molecule has 6 nitrogen and oxygen atoms in total. The van der Waals surface area contributed by atoms with Crippen LogP contribution in [0.4, 0.5) is 5.82 Å². The Morgan fingerprint density at radius 3 is 2.53 bits per heavy atom. The number of pyridine rings is 1. The molecule has 162 valence electrons. The van der Waals surface area contributed by atoms with Crippen molar-refractivity contribution in [3.63, 3.8) is 0 Å². The zero-order valence-corrected chi connectivity index (χ0v) is 19.2. The fraction of sp³-hybridized carbons (Fsp3) is 0.478. The van der Waals surface area contributed by atoms with Crippen LogP contribution in [0.2, 0.25) is 0 Å². The van der Waals surface area contributed by atoms with E-state index in [9.17, 15) is 0 Å². The molecule has 0 aliphatic carbocycles. The van der Waals surface area contributed by atoms with E-state index in [0.717, 1.165) is 56.6 Å². The summed E-state index contributed by atoms with van der Waals surface area (Å²) in [6.45, 7) is 10.9. The van der Waals surface area contributed by atoms with Gasteiger partial charge in [0.05, 0.1) is 6.54 Å². The molecule has 1 aromatic carbocycles. The van der Waals surface area contributed by atoms with E-state index < -0.39 is 0 Å². The molecule has 3 rings (SSSR count). The number of benzene rings is 1. The monoisotopic (exact) mass is 426 g/mol. The molecule has 1 aliphatic rings. The molecule has 0 amide bonds. The van der Waals surface area contributed by atoms with Crippen LogP contribution < -0.4 is 15.5 Å². The molecule has 1 atom stereocenters. The lowest BCUT2D eigenvalue weighted by molar-refractivity contribution is 0.312. The quantitative estimate of drug-likeness (QED) is 0.384. The maximum atomic E-state index is 4.74. The van der Waals surface area contributed by atoms with Gasteiger partial charge < -0.3 is 20.4 Å². The first-order valence-electron chi connectivity index (χ1n) is 10.8. The maximum absolute atomic E-state index is 4.74. The lowest BCUT2D eigenvalue weighted by atomic mass is 10.2. The molecule has 30 heavy (non-hydrogen) atoms. The zero-order chi connectivity index (χ0) is 21.2. The molecule has 0 spiro atoms. The fourth-order valence-corrected chi connectivity index (χ4v) is 4.20. The van der Waals surface area contributed by atoms with E-state index in [1.54, 1.807) is 0 Å². The van der Waals surface area contributed by atoms with Crippen LogP contribution in [0.25, 0.3) is 0 Å². The van der Waals surface area contributed by atoms with Crippen molar-refractivity contribution >= 4 is 23.5 Å². The molecule has 1 aromatic heterocycles. The smallest absolute Gasteiger partial charge is 0.191 e. The second-order valence-electron chi connectivity index (χ2n) is 7.63. The second-order valence-corrected chi connectivity index (χ2v) is 9.14. The number of aromatic nitrogens is 1. The van der Waals surface area contributed by atoms with Crippen LogP contribution in [-0.4, -0.2) is 67.4 Å². The Kier molecular flexibility index (Phi) is 8.83. The van der Waals surface area contributed by atoms with Gasteiger partial charge in [0, 0.05) is 55.6 Å². The van der Waals surface area contributed by atoms with Gasteiger partial charge in [-0.3, -0.25) is 0 Å². The van der Waals surface area contributed by atoms with E-state index in [-0.39, 0.29) is 0 Å². The van der Waals surface area contributed by atoms with Crippen LogP contribution in [0.5, 0.6) is 0 Å². The van der Waals surface area contributed by atoms with E-state index in [4.69, 9.17) is 4.99 Å². The van der Waals surface area contributed by atoms with Gasteiger partial charge >= 0.3 is 0 Å². The number of rotatable bonds is 8. The molecule has 0 bridgehead atoms. The van der Waals surface area contributed by atoms with Crippen molar-refractivity contribution in [2.45, 2.75) is 30.5 Å². The first kappa shape index (κ1) is 22.4. The Bertz CT molecular complexity index is 772. The molecule has 0 saturated carbocycles. The topological polar surface area (TPSA) is 55.8 Å². The summed E-state index contributed by atoms with van der Waals surface area (Å²) in [4.78, 5) is 15.4. The molecule has 1 fully saturated rings. The first-order chi connectivity index (χ1) is 14.6. The third-order valence-electron chi connectivity index (χ3n) is 5.04. The van der Waals surface area contributed by atoms with Crippen LogP contribution >= 0.6 is 11.8 Å². The molecule has 2 heterocycles. The Labute approximate surface area is 185 Å². The van der Waals surface area contributed by atoms with E-state index >= 15 is 0 Å². The lowest BCUT2D eigenvalue weighted by Crippen LogP contribution is -2.44. The standard InChI is InChI=1S/C23H34N6S/c1-4-24-23(26-16-19(2)30-21-8-6-5-7-9-21)27-18-20-10-11-22(25-17-20)29-14-12-28(3)13-15-29/h5-11,17,19H,4,12-16,18H2,1-3H3,(H2,24,26,27). The molecule has 2 aromatic rings. The van der Waals surface area contributed by atoms with Gasteiger partial charge in [-0.2, -0.15) is 0 Å². The number of aliphatic imine (C=N–C) groups is 1. The Balaban J connectivity index is 1.50. The number of nitrogens with one attached hydrogen (secondary N) is 2. The number of guanidine groups is 1. The summed E-state index contributed by atoms with van der Waals surface area (Å²) < 4.78 is 0. The molecule has 1 unspecified atom stereocenters. The number of hydrogen-bond donors (Lipinski definition) is 2. The zero-order valence-electron chi connectivity index (χ0n) is 18.3. The minimum Gasteiger partial charge on any atom is -0.357 e. The summed E-state index contributed by atoms with van der Waals surface area (Å²) in [6, 6.07) is 14.8. The average molecular weight is 427 g/mol. The summed E-state index contributed by atoms with van der Waals surface area (Å²) in [5.74, 6) is 1.91.